The molecule has 1 aliphatic heterocycles. The molecule has 0 saturated carbocycles. The molecule has 250 valence electrons. The van der Waals surface area contributed by atoms with E-state index >= 15 is 0 Å². The van der Waals surface area contributed by atoms with Gasteiger partial charge in [0.2, 0.25) is 0 Å². The Bertz CT molecular complexity index is 804. The molecule has 6 atom stereocenters. The van der Waals surface area contributed by atoms with Gasteiger partial charge in [0, 0.05) is 13.3 Å². The van der Waals surface area contributed by atoms with Crippen molar-refractivity contribution in [1.29, 1.82) is 0 Å². The fourth-order valence-corrected chi connectivity index (χ4v) is 5.13. The van der Waals surface area contributed by atoms with E-state index in [-0.39, 0.29) is 19.1 Å². The summed E-state index contributed by atoms with van der Waals surface area (Å²) in [4.78, 5) is 45.2. The molecule has 0 aliphatic carbocycles. The first-order chi connectivity index (χ1) is 20.5. The zero-order valence-corrected chi connectivity index (χ0v) is 26.0. The van der Waals surface area contributed by atoms with Crippen LogP contribution in [-0.2, 0) is 38.1 Å². The summed E-state index contributed by atoms with van der Waals surface area (Å²) in [6.45, 7) is 3.02. The molecule has 0 aromatic heterocycles. The topological polar surface area (TPSA) is 186 Å². The Morgan fingerprint density at radius 2 is 1.28 bits per heavy atom. The highest BCUT2D eigenvalue weighted by atomic mass is 16.7. The molecule has 0 radical (unpaired) electrons. The molecule has 0 aromatic rings. The number of aliphatic hydroxyl groups excluding tert-OH is 2. The fourth-order valence-electron chi connectivity index (χ4n) is 5.13. The quantitative estimate of drug-likeness (QED) is 0.0638. The average molecular weight is 619 g/mol. The van der Waals surface area contributed by atoms with E-state index in [0.29, 0.717) is 19.3 Å². The molecule has 1 saturated heterocycles. The fraction of sp³-hybridized carbons (Fsp3) is 0.871. The van der Waals surface area contributed by atoms with Gasteiger partial charge < -0.3 is 39.4 Å². The molecule has 1 heterocycles. The van der Waals surface area contributed by atoms with Crippen LogP contribution in [0, 0.1) is 0 Å². The number of hydrogen-bond acceptors (Lipinski definition) is 10. The first kappa shape index (κ1) is 38.7. The maximum atomic E-state index is 12.2. The van der Waals surface area contributed by atoms with Crippen LogP contribution in [0.4, 0.5) is 0 Å². The Morgan fingerprint density at radius 3 is 1.79 bits per heavy atom. The van der Waals surface area contributed by atoms with Crippen LogP contribution >= 0.6 is 0 Å². The molecule has 1 fully saturated rings. The van der Waals surface area contributed by atoms with Gasteiger partial charge in [0.15, 0.2) is 12.4 Å². The van der Waals surface area contributed by atoms with Crippen molar-refractivity contribution < 1.29 is 58.6 Å². The number of hydrogen-bond donors (Lipinski definition) is 4. The molecule has 1 rings (SSSR count). The highest BCUT2D eigenvalue weighted by molar-refractivity contribution is 5.90. The van der Waals surface area contributed by atoms with Crippen molar-refractivity contribution >= 4 is 23.9 Å². The second kappa shape index (κ2) is 23.1. The summed E-state index contributed by atoms with van der Waals surface area (Å²) in [5, 5.41) is 39.1. The van der Waals surface area contributed by atoms with Crippen molar-refractivity contribution in [2.45, 2.75) is 166 Å². The lowest BCUT2D eigenvalue weighted by Gasteiger charge is -2.42. The van der Waals surface area contributed by atoms with Crippen LogP contribution in [0.15, 0.2) is 0 Å². The highest BCUT2D eigenvalue weighted by Gasteiger charge is 2.48. The second-order valence-corrected chi connectivity index (χ2v) is 11.4. The number of aliphatic hydroxyl groups is 2. The summed E-state index contributed by atoms with van der Waals surface area (Å²) in [6.07, 6.45) is 7.37. The molecule has 0 spiro atoms. The molecule has 6 unspecified atom stereocenters. The van der Waals surface area contributed by atoms with Crippen LogP contribution in [0.25, 0.3) is 0 Å². The SMILES string of the molecule is CCCCCCCCCC(CCCCCCCCCC(=O)O)OC1OC(COC(C)=O)C(O)C(O)C1OC(=O)CC(=O)O. The zero-order valence-electron chi connectivity index (χ0n) is 26.0. The summed E-state index contributed by atoms with van der Waals surface area (Å²) in [5.74, 6) is -3.88. The van der Waals surface area contributed by atoms with Crippen LogP contribution < -0.4 is 0 Å². The molecule has 12 heteroatoms. The molecule has 43 heavy (non-hydrogen) atoms. The van der Waals surface area contributed by atoms with Crippen molar-refractivity contribution in [2.24, 2.45) is 0 Å². The molecular weight excluding hydrogens is 564 g/mol. The lowest BCUT2D eigenvalue weighted by Crippen LogP contribution is -2.61. The standard InChI is InChI=1S/C31H54O12/c1-3-4-5-6-8-11-14-17-23(18-15-12-9-7-10-13-16-19-25(33)34)41-31-30(43-27(37)20-26(35)36)29(39)28(38)24(42-31)21-40-22(2)32/h23-24,28-31,38-39H,3-21H2,1-2H3,(H,33,34)(H,35,36). The van der Waals surface area contributed by atoms with Crippen molar-refractivity contribution in [1.82, 2.24) is 0 Å². The van der Waals surface area contributed by atoms with Crippen LogP contribution in [0.5, 0.6) is 0 Å². The minimum atomic E-state index is -1.66. The first-order valence-electron chi connectivity index (χ1n) is 16.0. The third-order valence-electron chi connectivity index (χ3n) is 7.53. The van der Waals surface area contributed by atoms with Gasteiger partial charge in [-0.3, -0.25) is 19.2 Å². The normalized spacial score (nSPS) is 22.6. The number of rotatable bonds is 25. The summed E-state index contributed by atoms with van der Waals surface area (Å²) in [6, 6.07) is 0. The van der Waals surface area contributed by atoms with E-state index in [0.717, 1.165) is 57.8 Å². The number of carboxylic acid groups (broad SMARTS) is 2. The van der Waals surface area contributed by atoms with Crippen LogP contribution in [0.3, 0.4) is 0 Å². The van der Waals surface area contributed by atoms with Crippen LogP contribution in [-0.4, -0.2) is 87.7 Å². The summed E-state index contributed by atoms with van der Waals surface area (Å²) >= 11 is 0. The first-order valence-corrected chi connectivity index (χ1v) is 16.0. The molecule has 4 N–H and O–H groups in total. The van der Waals surface area contributed by atoms with E-state index in [1.54, 1.807) is 0 Å². The predicted molar refractivity (Wildman–Crippen MR) is 156 cm³/mol. The zero-order chi connectivity index (χ0) is 32.0. The van der Waals surface area contributed by atoms with Gasteiger partial charge in [-0.05, 0) is 19.3 Å². The Balaban J connectivity index is 2.84. The predicted octanol–water partition coefficient (Wildman–Crippen LogP) is 4.50. The smallest absolute Gasteiger partial charge is 0.317 e. The highest BCUT2D eigenvalue weighted by Crippen LogP contribution is 2.28. The Kier molecular flexibility index (Phi) is 20.9. The van der Waals surface area contributed by atoms with Crippen LogP contribution in [0.1, 0.15) is 129 Å². The lowest BCUT2D eigenvalue weighted by atomic mass is 9.98. The van der Waals surface area contributed by atoms with Gasteiger partial charge in [-0.1, -0.05) is 90.4 Å². The van der Waals surface area contributed by atoms with Crippen molar-refractivity contribution in [2.75, 3.05) is 6.61 Å². The third-order valence-corrected chi connectivity index (χ3v) is 7.53. The maximum absolute atomic E-state index is 12.2. The van der Waals surface area contributed by atoms with E-state index in [1.807, 2.05) is 0 Å². The number of carboxylic acids is 2. The number of ether oxygens (including phenoxy) is 4. The molecule has 0 bridgehead atoms. The maximum Gasteiger partial charge on any atom is 0.317 e. The number of unbranched alkanes of at least 4 members (excludes halogenated alkanes) is 12. The monoisotopic (exact) mass is 618 g/mol. The number of carbonyl (C=O) groups is 4. The van der Waals surface area contributed by atoms with Crippen molar-refractivity contribution in [3.63, 3.8) is 0 Å². The third kappa shape index (κ3) is 18.2. The number of aliphatic carboxylic acids is 2. The van der Waals surface area contributed by atoms with Gasteiger partial charge in [-0.25, -0.2) is 0 Å². The van der Waals surface area contributed by atoms with E-state index in [4.69, 9.17) is 29.2 Å². The summed E-state index contributed by atoms with van der Waals surface area (Å²) in [7, 11) is 0. The summed E-state index contributed by atoms with van der Waals surface area (Å²) in [5.41, 5.74) is 0. The molecule has 0 amide bonds. The van der Waals surface area contributed by atoms with Gasteiger partial charge in [0.05, 0.1) is 6.10 Å². The Hall–Kier alpha value is -2.28. The summed E-state index contributed by atoms with van der Waals surface area (Å²) < 4.78 is 22.4. The lowest BCUT2D eigenvalue weighted by molar-refractivity contribution is -0.315. The Labute approximate surface area is 255 Å². The van der Waals surface area contributed by atoms with E-state index in [9.17, 15) is 29.4 Å². The van der Waals surface area contributed by atoms with Gasteiger partial charge in [0.1, 0.15) is 31.3 Å². The van der Waals surface area contributed by atoms with Gasteiger partial charge in [-0.15, -0.1) is 0 Å². The largest absolute Gasteiger partial charge is 0.481 e. The van der Waals surface area contributed by atoms with E-state index < -0.39 is 61.0 Å². The van der Waals surface area contributed by atoms with Crippen molar-refractivity contribution in [3.05, 3.63) is 0 Å². The molecule has 12 nitrogen and oxygen atoms in total. The van der Waals surface area contributed by atoms with E-state index in [1.165, 1.54) is 32.6 Å². The Morgan fingerprint density at radius 1 is 0.744 bits per heavy atom. The van der Waals surface area contributed by atoms with Gasteiger partial charge in [0.25, 0.3) is 0 Å². The number of carbonyl (C=O) groups excluding carboxylic acids is 2. The average Bonchev–Trinajstić information content (AvgIpc) is 2.93. The molecular formula is C31H54O12. The molecule has 0 aromatic carbocycles. The van der Waals surface area contributed by atoms with Gasteiger partial charge >= 0.3 is 23.9 Å². The minimum Gasteiger partial charge on any atom is -0.481 e. The van der Waals surface area contributed by atoms with Crippen LogP contribution in [0.2, 0.25) is 0 Å². The molecule has 1 aliphatic rings. The minimum absolute atomic E-state index is 0.195. The van der Waals surface area contributed by atoms with Gasteiger partial charge in [-0.2, -0.15) is 0 Å². The van der Waals surface area contributed by atoms with E-state index in [2.05, 4.69) is 6.92 Å². The second-order valence-electron chi connectivity index (χ2n) is 11.4. The van der Waals surface area contributed by atoms with Crippen molar-refractivity contribution in [3.8, 4) is 0 Å². The number of esters is 2.